The number of anilines is 2. The molecule has 0 unspecified atom stereocenters. The van der Waals surface area contributed by atoms with Gasteiger partial charge in [-0.3, -0.25) is 14.6 Å². The van der Waals surface area contributed by atoms with Crippen molar-refractivity contribution in [3.05, 3.63) is 59.6 Å². The van der Waals surface area contributed by atoms with Gasteiger partial charge in [0.05, 0.1) is 17.6 Å². The number of nitrogens with one attached hydrogen (secondary N) is 2. The number of pyridine rings is 1. The second kappa shape index (κ2) is 9.01. The van der Waals surface area contributed by atoms with Crippen LogP contribution in [0.2, 0.25) is 0 Å². The number of carbonyl (C=O) groups excluding carboxylic acids is 2. The molecule has 0 aliphatic carbocycles. The lowest BCUT2D eigenvalue weighted by Gasteiger charge is -2.41. The van der Waals surface area contributed by atoms with Gasteiger partial charge in [0, 0.05) is 30.2 Å². The molecule has 10 heteroatoms. The number of carbonyl (C=O) groups is 2. The summed E-state index contributed by atoms with van der Waals surface area (Å²) in [7, 11) is 1.75. The first-order valence-electron chi connectivity index (χ1n) is 10.1. The molecule has 1 aliphatic rings. The number of primary amides is 1. The fourth-order valence-corrected chi connectivity index (χ4v) is 4.61. The average Bonchev–Trinajstić information content (AvgIpc) is 3.30. The summed E-state index contributed by atoms with van der Waals surface area (Å²) in [4.78, 5) is 35.0. The number of aromatic nitrogens is 2. The lowest BCUT2D eigenvalue weighted by atomic mass is 9.86. The molecule has 1 aliphatic heterocycles. The van der Waals surface area contributed by atoms with Crippen molar-refractivity contribution in [1.82, 2.24) is 15.3 Å². The highest BCUT2D eigenvalue weighted by Gasteiger charge is 2.38. The molecule has 0 bridgehead atoms. The van der Waals surface area contributed by atoms with Gasteiger partial charge < -0.3 is 21.3 Å². The van der Waals surface area contributed by atoms with E-state index < -0.39 is 11.4 Å². The largest absolute Gasteiger partial charge is 0.370 e. The van der Waals surface area contributed by atoms with Crippen LogP contribution in [0.5, 0.6) is 0 Å². The van der Waals surface area contributed by atoms with Crippen molar-refractivity contribution in [2.24, 2.45) is 5.73 Å². The zero-order valence-corrected chi connectivity index (χ0v) is 18.3. The van der Waals surface area contributed by atoms with Crippen molar-refractivity contribution in [2.45, 2.75) is 18.4 Å². The van der Waals surface area contributed by atoms with Crippen LogP contribution in [0.25, 0.3) is 10.6 Å². The Balaban J connectivity index is 1.49. The summed E-state index contributed by atoms with van der Waals surface area (Å²) in [6.45, 7) is 1.23. The molecule has 166 valence electrons. The van der Waals surface area contributed by atoms with Crippen LogP contribution < -0.4 is 21.3 Å². The van der Waals surface area contributed by atoms with E-state index in [4.69, 9.17) is 5.73 Å². The Hall–Kier alpha value is -3.37. The van der Waals surface area contributed by atoms with Crippen LogP contribution in [0.1, 0.15) is 23.3 Å². The van der Waals surface area contributed by atoms with E-state index in [1.165, 1.54) is 23.6 Å². The number of rotatable bonds is 6. The molecule has 0 saturated carbocycles. The third kappa shape index (κ3) is 4.32. The Labute approximate surface area is 188 Å². The molecule has 4 N–H and O–H groups in total. The number of amides is 2. The molecule has 3 heterocycles. The molecular weight excluding hydrogens is 431 g/mol. The molecule has 2 aromatic heterocycles. The second-order valence-corrected chi connectivity index (χ2v) is 8.44. The van der Waals surface area contributed by atoms with Gasteiger partial charge in [-0.1, -0.05) is 12.1 Å². The van der Waals surface area contributed by atoms with E-state index in [0.717, 1.165) is 11.9 Å². The van der Waals surface area contributed by atoms with E-state index in [1.807, 2.05) is 24.3 Å². The molecule has 8 nitrogen and oxygen atoms in total. The number of benzene rings is 1. The summed E-state index contributed by atoms with van der Waals surface area (Å²) in [5.41, 5.74) is 7.16. The summed E-state index contributed by atoms with van der Waals surface area (Å²) < 4.78 is 13.4. The van der Waals surface area contributed by atoms with Gasteiger partial charge >= 0.3 is 0 Å². The number of halogens is 1. The Morgan fingerprint density at radius 1 is 1.22 bits per heavy atom. The molecule has 3 aromatic rings. The van der Waals surface area contributed by atoms with Crippen molar-refractivity contribution >= 4 is 34.5 Å². The first-order chi connectivity index (χ1) is 15.4. The normalized spacial score (nSPS) is 15.4. The molecule has 1 fully saturated rings. The number of hydrogen-bond acceptors (Lipinski definition) is 7. The van der Waals surface area contributed by atoms with E-state index in [9.17, 15) is 14.0 Å². The van der Waals surface area contributed by atoms with Crippen LogP contribution >= 0.6 is 11.3 Å². The standard InChI is InChI=1S/C22H23FN6O2S/c1-25-22(21(24)31)6-8-29(9-7-22)18-5-3-2-4-16(18)27-19(30)17-13-32-20(28-17)14-10-15(23)12-26-11-14/h2-5,10-13,25H,6-9H2,1H3,(H2,24,31)(H,27,30). The highest BCUT2D eigenvalue weighted by Crippen LogP contribution is 2.32. The number of nitrogens with two attached hydrogens (primary N) is 1. The van der Waals surface area contributed by atoms with Gasteiger partial charge in [0.2, 0.25) is 5.91 Å². The van der Waals surface area contributed by atoms with Crippen LogP contribution in [0.4, 0.5) is 15.8 Å². The molecule has 2 amide bonds. The number of piperidine rings is 1. The Kier molecular flexibility index (Phi) is 6.15. The van der Waals surface area contributed by atoms with Crippen molar-refractivity contribution in [3.63, 3.8) is 0 Å². The van der Waals surface area contributed by atoms with Crippen molar-refractivity contribution in [3.8, 4) is 10.6 Å². The molecule has 1 saturated heterocycles. The molecule has 0 atom stereocenters. The van der Waals surface area contributed by atoms with Crippen LogP contribution in [-0.2, 0) is 4.79 Å². The minimum atomic E-state index is -0.711. The van der Waals surface area contributed by atoms with Crippen LogP contribution in [0, 0.1) is 5.82 Å². The fraction of sp³-hybridized carbons (Fsp3) is 0.273. The minimum Gasteiger partial charge on any atom is -0.370 e. The lowest BCUT2D eigenvalue weighted by Crippen LogP contribution is -2.59. The SMILES string of the molecule is CNC1(C(N)=O)CCN(c2ccccc2NC(=O)c2csc(-c3cncc(F)c3)n2)CC1. The summed E-state index contributed by atoms with van der Waals surface area (Å²) in [6.07, 6.45) is 3.76. The number of nitrogens with zero attached hydrogens (tertiary/aromatic N) is 3. The zero-order chi connectivity index (χ0) is 22.7. The highest BCUT2D eigenvalue weighted by atomic mass is 32.1. The Morgan fingerprint density at radius 3 is 2.66 bits per heavy atom. The van der Waals surface area contributed by atoms with Gasteiger partial charge in [-0.2, -0.15) is 0 Å². The van der Waals surface area contributed by atoms with Gasteiger partial charge in [0.25, 0.3) is 5.91 Å². The van der Waals surface area contributed by atoms with Crippen molar-refractivity contribution in [1.29, 1.82) is 0 Å². The minimum absolute atomic E-state index is 0.241. The van der Waals surface area contributed by atoms with E-state index in [1.54, 1.807) is 12.4 Å². The summed E-state index contributed by atoms with van der Waals surface area (Å²) >= 11 is 1.25. The summed E-state index contributed by atoms with van der Waals surface area (Å²) in [6, 6.07) is 8.82. The van der Waals surface area contributed by atoms with Crippen LogP contribution in [-0.4, -0.2) is 47.5 Å². The lowest BCUT2D eigenvalue weighted by molar-refractivity contribution is -0.125. The number of thiazole rings is 1. The number of para-hydroxylation sites is 2. The molecule has 0 radical (unpaired) electrons. The summed E-state index contributed by atoms with van der Waals surface area (Å²) in [5, 5.41) is 8.14. The van der Waals surface area contributed by atoms with E-state index >= 15 is 0 Å². The third-order valence-electron chi connectivity index (χ3n) is 5.75. The van der Waals surface area contributed by atoms with E-state index in [-0.39, 0.29) is 17.5 Å². The fourth-order valence-electron chi connectivity index (χ4n) is 3.83. The Bertz CT molecular complexity index is 1140. The molecule has 32 heavy (non-hydrogen) atoms. The Morgan fingerprint density at radius 2 is 1.97 bits per heavy atom. The number of hydrogen-bond donors (Lipinski definition) is 3. The monoisotopic (exact) mass is 454 g/mol. The topological polar surface area (TPSA) is 113 Å². The highest BCUT2D eigenvalue weighted by molar-refractivity contribution is 7.13. The maximum Gasteiger partial charge on any atom is 0.275 e. The maximum atomic E-state index is 13.4. The van der Waals surface area contributed by atoms with Gasteiger partial charge in [-0.15, -0.1) is 11.3 Å². The smallest absolute Gasteiger partial charge is 0.275 e. The van der Waals surface area contributed by atoms with Gasteiger partial charge in [0.15, 0.2) is 0 Å². The van der Waals surface area contributed by atoms with E-state index in [2.05, 4.69) is 25.5 Å². The van der Waals surface area contributed by atoms with Crippen LogP contribution in [0.15, 0.2) is 48.1 Å². The summed E-state index contributed by atoms with van der Waals surface area (Å²) in [5.74, 6) is -1.17. The molecular formula is C22H23FN6O2S. The van der Waals surface area contributed by atoms with Gasteiger partial charge in [-0.25, -0.2) is 9.37 Å². The number of likely N-dealkylation sites (N-methyl/N-ethyl adjacent to an activating group) is 1. The second-order valence-electron chi connectivity index (χ2n) is 7.58. The van der Waals surface area contributed by atoms with Crippen molar-refractivity contribution < 1.29 is 14.0 Å². The van der Waals surface area contributed by atoms with Crippen molar-refractivity contribution in [2.75, 3.05) is 30.4 Å². The predicted octanol–water partition coefficient (Wildman–Crippen LogP) is 2.64. The first-order valence-corrected chi connectivity index (χ1v) is 11.0. The molecule has 1 aromatic carbocycles. The predicted molar refractivity (Wildman–Crippen MR) is 122 cm³/mol. The molecule has 0 spiro atoms. The van der Waals surface area contributed by atoms with Crippen LogP contribution in [0.3, 0.4) is 0 Å². The average molecular weight is 455 g/mol. The first kappa shape index (κ1) is 21.8. The third-order valence-corrected chi connectivity index (χ3v) is 6.64. The van der Waals surface area contributed by atoms with Gasteiger partial charge in [0.1, 0.15) is 22.1 Å². The quantitative estimate of drug-likeness (QED) is 0.528. The zero-order valence-electron chi connectivity index (χ0n) is 17.5. The van der Waals surface area contributed by atoms with Gasteiger partial charge in [-0.05, 0) is 38.1 Å². The maximum absolute atomic E-state index is 13.4. The van der Waals surface area contributed by atoms with E-state index in [0.29, 0.717) is 42.2 Å². The molecule has 4 rings (SSSR count).